The Balaban J connectivity index is 2.72. The van der Waals surface area contributed by atoms with Crippen LogP contribution in [0.15, 0.2) is 24.3 Å². The van der Waals surface area contributed by atoms with E-state index >= 15 is 0 Å². The number of amides is 1. The molecule has 4 heteroatoms. The number of rotatable bonds is 6. The Morgan fingerprint density at radius 3 is 2.76 bits per heavy atom. The Hall–Kier alpha value is -1.83. The van der Waals surface area contributed by atoms with Crippen LogP contribution in [0.25, 0.3) is 0 Å². The molecule has 0 spiro atoms. The standard InChI is InChI=1S/C17H23NO3/c1-17(2,10-12-21-3)13-18-16(20)15-9-5-4-7-14(15)8-6-11-19/h4-5,7,9,19H,10-13H2,1-3H3,(H,18,20). The smallest absolute Gasteiger partial charge is 0.252 e. The van der Waals surface area contributed by atoms with Crippen molar-refractivity contribution in [3.05, 3.63) is 35.4 Å². The number of hydrogen-bond donors (Lipinski definition) is 2. The quantitative estimate of drug-likeness (QED) is 0.785. The molecule has 1 aromatic rings. The minimum absolute atomic E-state index is 0.0304. The van der Waals surface area contributed by atoms with Crippen LogP contribution in [-0.4, -0.2) is 37.9 Å². The van der Waals surface area contributed by atoms with Crippen molar-refractivity contribution in [3.63, 3.8) is 0 Å². The second-order valence-corrected chi connectivity index (χ2v) is 5.60. The number of benzene rings is 1. The lowest BCUT2D eigenvalue weighted by molar-refractivity contribution is 0.0920. The number of methoxy groups -OCH3 is 1. The molecule has 21 heavy (non-hydrogen) atoms. The van der Waals surface area contributed by atoms with E-state index in [9.17, 15) is 4.79 Å². The van der Waals surface area contributed by atoms with E-state index < -0.39 is 0 Å². The summed E-state index contributed by atoms with van der Waals surface area (Å²) in [6, 6.07) is 7.13. The van der Waals surface area contributed by atoms with E-state index in [2.05, 4.69) is 31.0 Å². The zero-order valence-electron chi connectivity index (χ0n) is 12.9. The third-order valence-electron chi connectivity index (χ3n) is 3.18. The molecule has 0 aromatic heterocycles. The number of ether oxygens (including phenoxy) is 1. The van der Waals surface area contributed by atoms with Gasteiger partial charge in [-0.2, -0.15) is 0 Å². The lowest BCUT2D eigenvalue weighted by atomic mass is 9.89. The fraction of sp³-hybridized carbons (Fsp3) is 0.471. The number of hydrogen-bond acceptors (Lipinski definition) is 3. The second-order valence-electron chi connectivity index (χ2n) is 5.60. The van der Waals surface area contributed by atoms with Crippen LogP contribution < -0.4 is 5.32 Å². The van der Waals surface area contributed by atoms with E-state index in [4.69, 9.17) is 9.84 Å². The fourth-order valence-corrected chi connectivity index (χ4v) is 1.81. The second kappa shape index (κ2) is 8.46. The summed E-state index contributed by atoms with van der Waals surface area (Å²) in [5, 5.41) is 11.7. The Labute approximate surface area is 126 Å². The first-order chi connectivity index (χ1) is 10.00. The van der Waals surface area contributed by atoms with Gasteiger partial charge in [0.1, 0.15) is 6.61 Å². The summed E-state index contributed by atoms with van der Waals surface area (Å²) in [6.45, 7) is 5.19. The molecule has 1 amide bonds. The monoisotopic (exact) mass is 289 g/mol. The van der Waals surface area contributed by atoms with Crippen molar-refractivity contribution in [1.82, 2.24) is 5.32 Å². The van der Waals surface area contributed by atoms with Crippen LogP contribution in [-0.2, 0) is 4.74 Å². The molecule has 0 aliphatic carbocycles. The third kappa shape index (κ3) is 5.99. The average Bonchev–Trinajstić information content (AvgIpc) is 2.49. The first-order valence-corrected chi connectivity index (χ1v) is 6.96. The molecular weight excluding hydrogens is 266 g/mol. The molecule has 0 bridgehead atoms. The minimum atomic E-state index is -0.222. The molecule has 0 fully saturated rings. The van der Waals surface area contributed by atoms with E-state index in [1.807, 2.05) is 6.07 Å². The maximum Gasteiger partial charge on any atom is 0.252 e. The molecule has 0 aliphatic rings. The van der Waals surface area contributed by atoms with Gasteiger partial charge >= 0.3 is 0 Å². The molecule has 0 heterocycles. The first kappa shape index (κ1) is 17.2. The van der Waals surface area contributed by atoms with E-state index in [0.29, 0.717) is 24.3 Å². The minimum Gasteiger partial charge on any atom is -0.385 e. The summed E-state index contributed by atoms with van der Waals surface area (Å²) in [5.74, 6) is 5.21. The maximum atomic E-state index is 12.3. The van der Waals surface area contributed by atoms with Crippen molar-refractivity contribution in [3.8, 4) is 11.8 Å². The molecule has 4 nitrogen and oxygen atoms in total. The lowest BCUT2D eigenvalue weighted by Crippen LogP contribution is -2.35. The van der Waals surface area contributed by atoms with Gasteiger partial charge in [0.25, 0.3) is 5.91 Å². The van der Waals surface area contributed by atoms with Gasteiger partial charge in [0.15, 0.2) is 0 Å². The van der Waals surface area contributed by atoms with Crippen LogP contribution in [0.3, 0.4) is 0 Å². The Morgan fingerprint density at radius 1 is 1.38 bits per heavy atom. The summed E-state index contributed by atoms with van der Waals surface area (Å²) in [7, 11) is 1.67. The van der Waals surface area contributed by atoms with Gasteiger partial charge in [-0.3, -0.25) is 4.79 Å². The van der Waals surface area contributed by atoms with Crippen molar-refractivity contribution in [1.29, 1.82) is 0 Å². The van der Waals surface area contributed by atoms with Gasteiger partial charge in [0.05, 0.1) is 5.56 Å². The van der Waals surface area contributed by atoms with Crippen molar-refractivity contribution in [2.24, 2.45) is 5.41 Å². The van der Waals surface area contributed by atoms with Crippen LogP contribution in [0.5, 0.6) is 0 Å². The molecule has 0 unspecified atom stereocenters. The third-order valence-corrected chi connectivity index (χ3v) is 3.18. The molecule has 1 aromatic carbocycles. The van der Waals surface area contributed by atoms with Gasteiger partial charge in [-0.15, -0.1) is 0 Å². The van der Waals surface area contributed by atoms with Crippen LogP contribution in [0.1, 0.15) is 36.2 Å². The highest BCUT2D eigenvalue weighted by Crippen LogP contribution is 2.19. The molecule has 0 saturated carbocycles. The predicted octanol–water partition coefficient (Wildman–Crippen LogP) is 1.82. The van der Waals surface area contributed by atoms with E-state index in [-0.39, 0.29) is 17.9 Å². The zero-order chi connectivity index (χ0) is 15.7. The maximum absolute atomic E-state index is 12.3. The number of aliphatic hydroxyl groups excluding tert-OH is 1. The van der Waals surface area contributed by atoms with Gasteiger partial charge < -0.3 is 15.2 Å². The number of carbonyl (C=O) groups excluding carboxylic acids is 1. The topological polar surface area (TPSA) is 58.6 Å². The number of nitrogens with one attached hydrogen (secondary N) is 1. The molecule has 0 atom stereocenters. The van der Waals surface area contributed by atoms with Crippen molar-refractivity contribution < 1.29 is 14.6 Å². The van der Waals surface area contributed by atoms with Crippen molar-refractivity contribution in [2.75, 3.05) is 26.9 Å². The van der Waals surface area contributed by atoms with Crippen LogP contribution in [0.4, 0.5) is 0 Å². The predicted molar refractivity (Wildman–Crippen MR) is 83.0 cm³/mol. The van der Waals surface area contributed by atoms with Crippen LogP contribution in [0.2, 0.25) is 0 Å². The zero-order valence-corrected chi connectivity index (χ0v) is 12.9. The molecular formula is C17H23NO3. The van der Waals surface area contributed by atoms with E-state index in [1.54, 1.807) is 25.3 Å². The molecule has 0 radical (unpaired) electrons. The lowest BCUT2D eigenvalue weighted by Gasteiger charge is -2.24. The summed E-state index contributed by atoms with van der Waals surface area (Å²) in [6.07, 6.45) is 0.871. The normalized spacial score (nSPS) is 10.7. The van der Waals surface area contributed by atoms with Crippen molar-refractivity contribution in [2.45, 2.75) is 20.3 Å². The van der Waals surface area contributed by atoms with Gasteiger partial charge in [-0.05, 0) is 24.0 Å². The largest absolute Gasteiger partial charge is 0.385 e. The highest BCUT2D eigenvalue weighted by molar-refractivity contribution is 5.96. The number of carbonyl (C=O) groups is 1. The summed E-state index contributed by atoms with van der Waals surface area (Å²) in [5.41, 5.74) is 1.12. The Morgan fingerprint density at radius 2 is 2.10 bits per heavy atom. The molecule has 114 valence electrons. The molecule has 0 aliphatic heterocycles. The van der Waals surface area contributed by atoms with Gasteiger partial charge in [-0.1, -0.05) is 37.8 Å². The number of aliphatic hydroxyl groups is 1. The van der Waals surface area contributed by atoms with Crippen LogP contribution >= 0.6 is 0 Å². The van der Waals surface area contributed by atoms with Crippen LogP contribution in [0, 0.1) is 17.3 Å². The summed E-state index contributed by atoms with van der Waals surface area (Å²) >= 11 is 0. The average molecular weight is 289 g/mol. The SMILES string of the molecule is COCCC(C)(C)CNC(=O)c1ccccc1C#CCO. The highest BCUT2D eigenvalue weighted by atomic mass is 16.5. The Bertz CT molecular complexity index is 526. The first-order valence-electron chi connectivity index (χ1n) is 6.96. The van der Waals surface area contributed by atoms with Gasteiger partial charge in [-0.25, -0.2) is 0 Å². The molecule has 2 N–H and O–H groups in total. The van der Waals surface area contributed by atoms with E-state index in [0.717, 1.165) is 6.42 Å². The van der Waals surface area contributed by atoms with Crippen molar-refractivity contribution >= 4 is 5.91 Å². The van der Waals surface area contributed by atoms with Gasteiger partial charge in [0.2, 0.25) is 0 Å². The van der Waals surface area contributed by atoms with Gasteiger partial charge in [0, 0.05) is 25.8 Å². The van der Waals surface area contributed by atoms with E-state index in [1.165, 1.54) is 0 Å². The highest BCUT2D eigenvalue weighted by Gasteiger charge is 2.19. The molecule has 0 saturated heterocycles. The summed E-state index contributed by atoms with van der Waals surface area (Å²) in [4.78, 5) is 12.3. The Kier molecular flexibility index (Phi) is 6.93. The fourth-order valence-electron chi connectivity index (χ4n) is 1.81. The summed E-state index contributed by atoms with van der Waals surface area (Å²) < 4.78 is 5.08. The molecule has 1 rings (SSSR count).